The minimum absolute atomic E-state index is 0.350. The van der Waals surface area contributed by atoms with E-state index < -0.39 is 0 Å². The summed E-state index contributed by atoms with van der Waals surface area (Å²) in [5, 5.41) is 0. The van der Waals surface area contributed by atoms with Crippen LogP contribution in [0.3, 0.4) is 0 Å². The molecule has 2 aromatic rings. The minimum Gasteiger partial charge on any atom is -0.423 e. The highest BCUT2D eigenvalue weighted by Gasteiger charge is 2.07. The molecular formula is C14H11O2S. The Hall–Kier alpha value is -1.74. The number of ether oxygens (including phenoxy) is 1. The molecule has 3 heteroatoms. The second-order valence-corrected chi connectivity index (χ2v) is 3.83. The summed E-state index contributed by atoms with van der Waals surface area (Å²) < 4.78 is 5.23. The molecule has 0 spiro atoms. The van der Waals surface area contributed by atoms with Crippen molar-refractivity contribution in [2.45, 2.75) is 5.75 Å². The van der Waals surface area contributed by atoms with Gasteiger partial charge in [0.25, 0.3) is 0 Å². The largest absolute Gasteiger partial charge is 0.423 e. The van der Waals surface area contributed by atoms with Crippen LogP contribution in [0.4, 0.5) is 0 Å². The topological polar surface area (TPSA) is 26.3 Å². The first-order valence-corrected chi connectivity index (χ1v) is 5.81. The van der Waals surface area contributed by atoms with Crippen LogP contribution in [0.25, 0.3) is 0 Å². The van der Waals surface area contributed by atoms with Crippen molar-refractivity contribution in [2.75, 3.05) is 0 Å². The summed E-state index contributed by atoms with van der Waals surface area (Å²) in [4.78, 5) is 11.7. The highest BCUT2D eigenvalue weighted by molar-refractivity contribution is 7.79. The fourth-order valence-electron chi connectivity index (χ4n) is 1.39. The molecule has 2 aromatic carbocycles. The third-order valence-corrected chi connectivity index (χ3v) is 2.64. The number of carbonyl (C=O) groups excluding carboxylic acids is 1. The van der Waals surface area contributed by atoms with Crippen molar-refractivity contribution >= 4 is 18.6 Å². The molecule has 0 heterocycles. The van der Waals surface area contributed by atoms with Crippen molar-refractivity contribution in [3.8, 4) is 5.75 Å². The van der Waals surface area contributed by atoms with Gasteiger partial charge in [-0.3, -0.25) is 0 Å². The predicted molar refractivity (Wildman–Crippen MR) is 69.1 cm³/mol. The minimum atomic E-state index is -0.350. The molecule has 2 nitrogen and oxygen atoms in total. The Morgan fingerprint density at radius 3 is 2.24 bits per heavy atom. The zero-order valence-corrected chi connectivity index (χ0v) is 9.94. The molecule has 17 heavy (non-hydrogen) atoms. The lowest BCUT2D eigenvalue weighted by Crippen LogP contribution is -2.07. The fraction of sp³-hybridized carbons (Fsp3) is 0.0714. The Kier molecular flexibility index (Phi) is 3.83. The molecule has 0 saturated carbocycles. The number of hydrogen-bond donors (Lipinski definition) is 0. The highest BCUT2D eigenvalue weighted by Crippen LogP contribution is 2.15. The molecule has 0 aromatic heterocycles. The van der Waals surface area contributed by atoms with Crippen molar-refractivity contribution in [1.82, 2.24) is 0 Å². The van der Waals surface area contributed by atoms with Crippen LogP contribution in [-0.4, -0.2) is 5.97 Å². The molecule has 0 amide bonds. The SMILES string of the molecule is O=C(Oc1ccc(C[S])cc1)c1ccccc1. The van der Waals surface area contributed by atoms with E-state index in [1.165, 1.54) is 0 Å². The summed E-state index contributed by atoms with van der Waals surface area (Å²) in [5.74, 6) is 0.746. The molecule has 0 saturated heterocycles. The molecular weight excluding hydrogens is 232 g/mol. The van der Waals surface area contributed by atoms with Gasteiger partial charge in [-0.1, -0.05) is 43.0 Å². The molecule has 85 valence electrons. The van der Waals surface area contributed by atoms with Crippen LogP contribution in [0.15, 0.2) is 54.6 Å². The van der Waals surface area contributed by atoms with Crippen LogP contribution >= 0.6 is 12.6 Å². The van der Waals surface area contributed by atoms with E-state index >= 15 is 0 Å². The Bertz CT molecular complexity index is 491. The maximum atomic E-state index is 11.7. The van der Waals surface area contributed by atoms with E-state index in [4.69, 9.17) is 17.4 Å². The predicted octanol–water partition coefficient (Wildman–Crippen LogP) is 3.60. The monoisotopic (exact) mass is 243 g/mol. The van der Waals surface area contributed by atoms with Gasteiger partial charge in [0, 0.05) is 5.75 Å². The Morgan fingerprint density at radius 2 is 1.65 bits per heavy atom. The molecule has 0 aliphatic carbocycles. The van der Waals surface area contributed by atoms with Gasteiger partial charge in [-0.2, -0.15) is 0 Å². The van der Waals surface area contributed by atoms with Crippen LogP contribution in [0, 0.1) is 0 Å². The zero-order chi connectivity index (χ0) is 12.1. The lowest BCUT2D eigenvalue weighted by Gasteiger charge is -2.04. The van der Waals surface area contributed by atoms with Crippen LogP contribution in [0.2, 0.25) is 0 Å². The summed E-state index contributed by atoms with van der Waals surface area (Å²) in [5.41, 5.74) is 1.58. The van der Waals surface area contributed by atoms with Gasteiger partial charge < -0.3 is 4.74 Å². The van der Waals surface area contributed by atoms with E-state index in [1.54, 1.807) is 36.4 Å². The zero-order valence-electron chi connectivity index (χ0n) is 9.13. The summed E-state index contributed by atoms with van der Waals surface area (Å²) >= 11 is 4.92. The number of benzene rings is 2. The maximum absolute atomic E-state index is 11.7. The fourth-order valence-corrected chi connectivity index (χ4v) is 1.59. The number of esters is 1. The van der Waals surface area contributed by atoms with Crippen LogP contribution in [-0.2, 0) is 5.75 Å². The summed E-state index contributed by atoms with van der Waals surface area (Å²) in [6, 6.07) is 16.1. The molecule has 0 bridgehead atoms. The molecule has 0 atom stereocenters. The Balaban J connectivity index is 2.08. The molecule has 0 aliphatic heterocycles. The standard InChI is InChI=1S/C14H11O2S/c15-14(12-4-2-1-3-5-12)16-13-8-6-11(10-17)7-9-13/h1-9H,10H2. The van der Waals surface area contributed by atoms with Crippen LogP contribution < -0.4 is 4.74 Å². The quantitative estimate of drug-likeness (QED) is 0.608. The average Bonchev–Trinajstić information content (AvgIpc) is 2.40. The van der Waals surface area contributed by atoms with E-state index in [9.17, 15) is 4.79 Å². The number of hydrogen-bond acceptors (Lipinski definition) is 2. The van der Waals surface area contributed by atoms with Crippen LogP contribution in [0.5, 0.6) is 5.75 Å². The average molecular weight is 243 g/mol. The summed E-state index contributed by atoms with van der Waals surface area (Å²) in [6.45, 7) is 0. The third-order valence-electron chi connectivity index (χ3n) is 2.31. The highest BCUT2D eigenvalue weighted by atomic mass is 32.1. The van der Waals surface area contributed by atoms with Crippen molar-refractivity contribution in [3.63, 3.8) is 0 Å². The van der Waals surface area contributed by atoms with Crippen molar-refractivity contribution in [3.05, 3.63) is 65.7 Å². The second-order valence-electron chi connectivity index (χ2n) is 3.54. The first-order valence-electron chi connectivity index (χ1n) is 5.24. The first kappa shape index (κ1) is 11.7. The molecule has 0 unspecified atom stereocenters. The van der Waals surface area contributed by atoms with Gasteiger partial charge >= 0.3 is 5.97 Å². The van der Waals surface area contributed by atoms with Gasteiger partial charge in [0.05, 0.1) is 5.56 Å². The van der Waals surface area contributed by atoms with Gasteiger partial charge in [-0.15, -0.1) is 0 Å². The van der Waals surface area contributed by atoms with Gasteiger partial charge in [-0.25, -0.2) is 4.79 Å². The van der Waals surface area contributed by atoms with Crippen molar-refractivity contribution in [2.24, 2.45) is 0 Å². The van der Waals surface area contributed by atoms with Crippen molar-refractivity contribution < 1.29 is 9.53 Å². The van der Waals surface area contributed by atoms with Crippen LogP contribution in [0.1, 0.15) is 15.9 Å². The van der Waals surface area contributed by atoms with Gasteiger partial charge in [-0.05, 0) is 29.8 Å². The van der Waals surface area contributed by atoms with E-state index in [1.807, 2.05) is 18.2 Å². The Labute approximate surface area is 106 Å². The lowest BCUT2D eigenvalue weighted by atomic mass is 10.2. The normalized spacial score (nSPS) is 9.94. The van der Waals surface area contributed by atoms with Crippen molar-refractivity contribution in [1.29, 1.82) is 0 Å². The maximum Gasteiger partial charge on any atom is 0.343 e. The molecule has 1 radical (unpaired) electrons. The smallest absolute Gasteiger partial charge is 0.343 e. The van der Waals surface area contributed by atoms with E-state index in [-0.39, 0.29) is 5.97 Å². The molecule has 0 fully saturated rings. The third kappa shape index (κ3) is 3.11. The summed E-state index contributed by atoms with van der Waals surface area (Å²) in [7, 11) is 0. The van der Waals surface area contributed by atoms with E-state index in [0.717, 1.165) is 5.56 Å². The van der Waals surface area contributed by atoms with Gasteiger partial charge in [0.15, 0.2) is 0 Å². The molecule has 2 rings (SSSR count). The summed E-state index contributed by atoms with van der Waals surface area (Å²) in [6.07, 6.45) is 0. The number of rotatable bonds is 3. The molecule has 0 aliphatic rings. The first-order chi connectivity index (χ1) is 8.29. The van der Waals surface area contributed by atoms with Gasteiger partial charge in [0.1, 0.15) is 5.75 Å². The second kappa shape index (κ2) is 5.55. The Morgan fingerprint density at radius 1 is 1.00 bits per heavy atom. The van der Waals surface area contributed by atoms with E-state index in [0.29, 0.717) is 17.1 Å². The lowest BCUT2D eigenvalue weighted by molar-refractivity contribution is 0.0735. The number of carbonyl (C=O) groups is 1. The van der Waals surface area contributed by atoms with E-state index in [2.05, 4.69) is 0 Å². The molecule has 0 N–H and O–H groups in total. The van der Waals surface area contributed by atoms with Gasteiger partial charge in [0.2, 0.25) is 0 Å².